The highest BCUT2D eigenvalue weighted by atomic mass is 79.9. The van der Waals surface area contributed by atoms with E-state index in [2.05, 4.69) is 55.8 Å². The summed E-state index contributed by atoms with van der Waals surface area (Å²) >= 11 is 3.57. The lowest BCUT2D eigenvalue weighted by Crippen LogP contribution is -2.15. The lowest BCUT2D eigenvalue weighted by atomic mass is 9.85. The van der Waals surface area contributed by atoms with Gasteiger partial charge in [-0.05, 0) is 45.8 Å². The molecule has 0 radical (unpaired) electrons. The quantitative estimate of drug-likeness (QED) is 0.771. The van der Waals surface area contributed by atoms with Crippen molar-refractivity contribution in [2.75, 3.05) is 6.61 Å². The van der Waals surface area contributed by atoms with Crippen LogP contribution in [0.4, 0.5) is 0 Å². The molecule has 1 aromatic carbocycles. The van der Waals surface area contributed by atoms with Crippen molar-refractivity contribution in [3.63, 3.8) is 0 Å². The van der Waals surface area contributed by atoms with Crippen molar-refractivity contribution in [3.8, 4) is 5.75 Å². The van der Waals surface area contributed by atoms with Gasteiger partial charge in [-0.15, -0.1) is 0 Å². The normalized spacial score (nSPS) is 11.4. The van der Waals surface area contributed by atoms with Crippen molar-refractivity contribution < 1.29 is 14.6 Å². The monoisotopic (exact) mass is 342 g/mol. The van der Waals surface area contributed by atoms with E-state index in [0.717, 1.165) is 22.2 Å². The number of ether oxygens (including phenoxy) is 1. The molecule has 0 aliphatic carbocycles. The average molecular weight is 343 g/mol. The smallest absolute Gasteiger partial charge is 0.303 e. The number of rotatable bonds is 6. The predicted molar refractivity (Wildman–Crippen MR) is 84.6 cm³/mol. The number of aryl methyl sites for hydroxylation is 1. The Hall–Kier alpha value is -1.03. The van der Waals surface area contributed by atoms with Crippen LogP contribution in [0.25, 0.3) is 0 Å². The molecule has 1 aromatic rings. The van der Waals surface area contributed by atoms with Gasteiger partial charge in [-0.3, -0.25) is 4.79 Å². The third-order valence-electron chi connectivity index (χ3n) is 3.10. The first kappa shape index (κ1) is 17.0. The van der Waals surface area contributed by atoms with Gasteiger partial charge >= 0.3 is 5.97 Å². The summed E-state index contributed by atoms with van der Waals surface area (Å²) in [4.78, 5) is 10.5. The third-order valence-corrected chi connectivity index (χ3v) is 3.69. The molecule has 0 aromatic heterocycles. The molecular formula is C16H23BrO3. The molecule has 1 rings (SSSR count). The Bertz CT molecular complexity index is 475. The second kappa shape index (κ2) is 7.11. The van der Waals surface area contributed by atoms with Gasteiger partial charge in [0.2, 0.25) is 0 Å². The molecule has 0 fully saturated rings. The zero-order valence-electron chi connectivity index (χ0n) is 12.6. The van der Waals surface area contributed by atoms with Gasteiger partial charge in [-0.1, -0.05) is 33.8 Å². The minimum atomic E-state index is -0.787. The minimum Gasteiger partial charge on any atom is -0.492 e. The van der Waals surface area contributed by atoms with Crippen LogP contribution in [0, 0.1) is 0 Å². The molecule has 0 saturated heterocycles. The van der Waals surface area contributed by atoms with E-state index in [1.807, 2.05) is 0 Å². The van der Waals surface area contributed by atoms with E-state index in [1.165, 1.54) is 5.56 Å². The number of benzene rings is 1. The average Bonchev–Trinajstić information content (AvgIpc) is 2.33. The highest BCUT2D eigenvalue weighted by Crippen LogP contribution is 2.38. The number of carboxylic acid groups (broad SMARTS) is 1. The molecule has 0 unspecified atom stereocenters. The van der Waals surface area contributed by atoms with Gasteiger partial charge in [0.1, 0.15) is 5.75 Å². The van der Waals surface area contributed by atoms with Crippen molar-refractivity contribution in [1.29, 1.82) is 0 Å². The summed E-state index contributed by atoms with van der Waals surface area (Å²) in [5.41, 5.74) is 2.40. The van der Waals surface area contributed by atoms with Crippen LogP contribution in [-0.4, -0.2) is 17.7 Å². The second-order valence-electron chi connectivity index (χ2n) is 5.90. The molecule has 1 N–H and O–H groups in total. The van der Waals surface area contributed by atoms with Crippen LogP contribution in [0.1, 0.15) is 51.7 Å². The molecular weight excluding hydrogens is 320 g/mol. The Morgan fingerprint density at radius 3 is 2.50 bits per heavy atom. The van der Waals surface area contributed by atoms with Crippen LogP contribution in [0.2, 0.25) is 0 Å². The summed E-state index contributed by atoms with van der Waals surface area (Å²) in [7, 11) is 0. The highest BCUT2D eigenvalue weighted by Gasteiger charge is 2.22. The number of halogens is 1. The molecule has 0 aliphatic rings. The maximum Gasteiger partial charge on any atom is 0.303 e. The molecule has 0 saturated carbocycles. The van der Waals surface area contributed by atoms with E-state index in [1.54, 1.807) is 0 Å². The summed E-state index contributed by atoms with van der Waals surface area (Å²) in [6.07, 6.45) is 1.62. The SMILES string of the molecule is CCc1cc(Br)c(OCCCC(=O)O)c(C(C)(C)C)c1. The van der Waals surface area contributed by atoms with E-state index in [4.69, 9.17) is 9.84 Å². The maximum absolute atomic E-state index is 10.5. The first-order valence-corrected chi connectivity index (χ1v) is 7.72. The van der Waals surface area contributed by atoms with E-state index >= 15 is 0 Å². The van der Waals surface area contributed by atoms with Crippen molar-refractivity contribution in [2.24, 2.45) is 0 Å². The minimum absolute atomic E-state index is 0.0180. The van der Waals surface area contributed by atoms with Gasteiger partial charge in [-0.25, -0.2) is 0 Å². The van der Waals surface area contributed by atoms with E-state index in [0.29, 0.717) is 13.0 Å². The van der Waals surface area contributed by atoms with Crippen LogP contribution >= 0.6 is 15.9 Å². The van der Waals surface area contributed by atoms with Crippen LogP contribution in [0.5, 0.6) is 5.75 Å². The lowest BCUT2D eigenvalue weighted by molar-refractivity contribution is -0.137. The molecule has 3 nitrogen and oxygen atoms in total. The maximum atomic E-state index is 10.5. The van der Waals surface area contributed by atoms with Crippen molar-refractivity contribution in [2.45, 2.75) is 52.4 Å². The molecule has 0 spiro atoms. The van der Waals surface area contributed by atoms with E-state index in [-0.39, 0.29) is 11.8 Å². The first-order chi connectivity index (χ1) is 9.25. The van der Waals surface area contributed by atoms with Gasteiger partial charge in [-0.2, -0.15) is 0 Å². The second-order valence-corrected chi connectivity index (χ2v) is 6.76. The number of aliphatic carboxylic acids is 1. The van der Waals surface area contributed by atoms with E-state index in [9.17, 15) is 4.79 Å². The van der Waals surface area contributed by atoms with Crippen molar-refractivity contribution >= 4 is 21.9 Å². The summed E-state index contributed by atoms with van der Waals surface area (Å²) in [5, 5.41) is 8.65. The topological polar surface area (TPSA) is 46.5 Å². The predicted octanol–water partition coefficient (Wildman–Crippen LogP) is 4.55. The standard InChI is InChI=1S/C16H23BrO3/c1-5-11-9-12(16(2,3)4)15(13(17)10-11)20-8-6-7-14(18)19/h9-10H,5-8H2,1-4H3,(H,18,19). The Morgan fingerprint density at radius 2 is 2.00 bits per heavy atom. The molecule has 0 heterocycles. The van der Waals surface area contributed by atoms with Gasteiger partial charge in [0.15, 0.2) is 0 Å². The van der Waals surface area contributed by atoms with Gasteiger partial charge in [0.05, 0.1) is 11.1 Å². The van der Waals surface area contributed by atoms with Gasteiger partial charge < -0.3 is 9.84 Å². The van der Waals surface area contributed by atoms with E-state index < -0.39 is 5.97 Å². The molecule has 4 heteroatoms. The summed E-state index contributed by atoms with van der Waals surface area (Å²) in [6.45, 7) is 9.00. The Balaban J connectivity index is 2.96. The van der Waals surface area contributed by atoms with Crippen LogP contribution in [0.3, 0.4) is 0 Å². The fourth-order valence-corrected chi connectivity index (χ4v) is 2.58. The summed E-state index contributed by atoms with van der Waals surface area (Å²) in [5.74, 6) is 0.0464. The van der Waals surface area contributed by atoms with Crippen LogP contribution in [0.15, 0.2) is 16.6 Å². The number of carboxylic acids is 1. The Kier molecular flexibility index (Phi) is 6.06. The highest BCUT2D eigenvalue weighted by molar-refractivity contribution is 9.10. The number of hydrogen-bond acceptors (Lipinski definition) is 2. The molecule has 0 amide bonds. The van der Waals surface area contributed by atoms with Crippen molar-refractivity contribution in [1.82, 2.24) is 0 Å². The number of hydrogen-bond donors (Lipinski definition) is 1. The molecule has 0 aliphatic heterocycles. The molecule has 0 atom stereocenters. The van der Waals surface area contributed by atoms with Gasteiger partial charge in [0, 0.05) is 12.0 Å². The zero-order chi connectivity index (χ0) is 15.3. The zero-order valence-corrected chi connectivity index (χ0v) is 14.2. The molecule has 112 valence electrons. The Labute approximate surface area is 129 Å². The van der Waals surface area contributed by atoms with Crippen LogP contribution in [-0.2, 0) is 16.6 Å². The Morgan fingerprint density at radius 1 is 1.35 bits per heavy atom. The molecule has 20 heavy (non-hydrogen) atoms. The van der Waals surface area contributed by atoms with Gasteiger partial charge in [0.25, 0.3) is 0 Å². The third kappa shape index (κ3) is 4.82. The number of carbonyl (C=O) groups is 1. The fraction of sp³-hybridized carbons (Fsp3) is 0.562. The first-order valence-electron chi connectivity index (χ1n) is 6.93. The molecule has 0 bridgehead atoms. The summed E-state index contributed by atoms with van der Waals surface area (Å²) < 4.78 is 6.78. The van der Waals surface area contributed by atoms with Crippen LogP contribution < -0.4 is 4.74 Å². The largest absolute Gasteiger partial charge is 0.492 e. The van der Waals surface area contributed by atoms with Crippen molar-refractivity contribution in [3.05, 3.63) is 27.7 Å². The fourth-order valence-electron chi connectivity index (χ4n) is 1.96. The summed E-state index contributed by atoms with van der Waals surface area (Å²) in [6, 6.07) is 4.25. The lowest BCUT2D eigenvalue weighted by Gasteiger charge is -2.25.